The van der Waals surface area contributed by atoms with E-state index >= 15 is 0 Å². The van der Waals surface area contributed by atoms with Gasteiger partial charge in [-0.05, 0) is 0 Å². The summed E-state index contributed by atoms with van der Waals surface area (Å²) in [4.78, 5) is 0. The first-order valence-corrected chi connectivity index (χ1v) is 1.34. The monoisotopic (exact) mass is 67.0 g/mol. The minimum absolute atomic E-state index is 1.51. The molecule has 1 aromatic heterocycles. The number of hydrogen-bond donors (Lipinski definition) is 0. The van der Waals surface area contributed by atoms with E-state index in [-0.39, 0.29) is 0 Å². The van der Waals surface area contributed by atoms with Gasteiger partial charge in [-0.15, -0.1) is 0 Å². The summed E-state index contributed by atoms with van der Waals surface area (Å²) < 4.78 is 4.33. The van der Waals surface area contributed by atoms with E-state index in [4.69, 9.17) is 0 Å². The Bertz CT molecular complexity index is 66.1. The Balaban J connectivity index is 3.13. The van der Waals surface area contributed by atoms with Crippen molar-refractivity contribution in [2.24, 2.45) is 0 Å². The molecule has 0 aromatic carbocycles. The molecule has 2 nitrogen and oxygen atoms in total. The minimum atomic E-state index is 1.51. The summed E-state index contributed by atoms with van der Waals surface area (Å²) in [5, 5.41) is 3.35. The van der Waals surface area contributed by atoms with Gasteiger partial charge in [0.15, 0.2) is 0 Å². The van der Waals surface area contributed by atoms with Gasteiger partial charge in [0.1, 0.15) is 0 Å². The van der Waals surface area contributed by atoms with Crippen molar-refractivity contribution in [2.45, 2.75) is 0 Å². The molecule has 1 aromatic rings. The topological polar surface area (TPSA) is 26.0 Å². The molecule has 0 fully saturated rings. The van der Waals surface area contributed by atoms with E-state index in [0.717, 1.165) is 0 Å². The van der Waals surface area contributed by atoms with E-state index in [1.807, 2.05) is 0 Å². The van der Waals surface area contributed by atoms with E-state index in [9.17, 15) is 0 Å². The standard InChI is InChI=1S/C2H2BNO/c1-2-4-5-3-1/h1-2H. The maximum absolute atomic E-state index is 4.33. The molecule has 0 N–H and O–H groups in total. The summed E-state index contributed by atoms with van der Waals surface area (Å²) in [6, 6.07) is 0. The van der Waals surface area contributed by atoms with Gasteiger partial charge < -0.3 is 0 Å². The number of nitrogens with zero attached hydrogens (tertiary/aromatic N) is 1. The van der Waals surface area contributed by atoms with Crippen LogP contribution in [-0.2, 0) is 0 Å². The summed E-state index contributed by atoms with van der Waals surface area (Å²) in [6.45, 7) is 0. The molecule has 0 aliphatic carbocycles. The van der Waals surface area contributed by atoms with Crippen LogP contribution < -0.4 is 0 Å². The second kappa shape index (κ2) is 1.01. The summed E-state index contributed by atoms with van der Waals surface area (Å²) in [6.07, 6.45) is 1.58. The quantitative estimate of drug-likeness (QED) is 0.427. The molecular formula is C2H2BNO. The van der Waals surface area contributed by atoms with Crippen molar-refractivity contribution in [2.75, 3.05) is 0 Å². The van der Waals surface area contributed by atoms with Crippen molar-refractivity contribution in [1.29, 1.82) is 0 Å². The molecule has 0 aliphatic rings. The first-order valence-electron chi connectivity index (χ1n) is 1.34. The molecule has 0 spiro atoms. The maximum atomic E-state index is 4.33. The Hall–Kier alpha value is -0.595. The summed E-state index contributed by atoms with van der Waals surface area (Å²) in [5.41, 5.74) is 0. The van der Waals surface area contributed by atoms with Crippen molar-refractivity contribution in [3.8, 4) is 0 Å². The molecule has 0 saturated carbocycles. The van der Waals surface area contributed by atoms with Crippen molar-refractivity contribution < 1.29 is 4.44 Å². The van der Waals surface area contributed by atoms with Crippen LogP contribution in [0.2, 0.25) is 0 Å². The van der Waals surface area contributed by atoms with E-state index in [1.54, 1.807) is 12.2 Å². The molecule has 24 valence electrons. The van der Waals surface area contributed by atoms with Crippen LogP contribution in [0.15, 0.2) is 16.6 Å². The number of rotatable bonds is 0. The van der Waals surface area contributed by atoms with Gasteiger partial charge >= 0.3 is 28.9 Å². The van der Waals surface area contributed by atoms with Crippen molar-refractivity contribution in [3.63, 3.8) is 0 Å². The van der Waals surface area contributed by atoms with Gasteiger partial charge in [-0.3, -0.25) is 0 Å². The average Bonchev–Trinajstić information content (AvgIpc) is 1.76. The summed E-state index contributed by atoms with van der Waals surface area (Å²) in [5.74, 6) is 1.72. The van der Waals surface area contributed by atoms with Crippen LogP contribution in [0.1, 0.15) is 0 Å². The zero-order valence-electron chi connectivity index (χ0n) is 2.59. The molecule has 0 saturated heterocycles. The van der Waals surface area contributed by atoms with Crippen LogP contribution in [0.5, 0.6) is 0 Å². The fourth-order valence-corrected chi connectivity index (χ4v) is 0.176. The fourth-order valence-electron chi connectivity index (χ4n) is 0.176. The molecule has 0 unspecified atom stereocenters. The fraction of sp³-hybridized carbons (Fsp3) is 0. The molecule has 1 rings (SSSR count). The Morgan fingerprint density at radius 1 is 1.80 bits per heavy atom. The zero-order chi connectivity index (χ0) is 3.54. The second-order valence-electron chi connectivity index (χ2n) is 0.688. The molecule has 0 aliphatic heterocycles. The van der Waals surface area contributed by atoms with Crippen LogP contribution in [0.4, 0.5) is 0 Å². The summed E-state index contributed by atoms with van der Waals surface area (Å²) in [7, 11) is 1.51. The third-order valence-electron chi connectivity index (χ3n) is 0.347. The van der Waals surface area contributed by atoms with Gasteiger partial charge in [0.05, 0.1) is 0 Å². The SMILES string of the molecule is b1ccno1. The van der Waals surface area contributed by atoms with E-state index in [2.05, 4.69) is 9.59 Å². The third kappa shape index (κ3) is 0.346. The molecule has 0 atom stereocenters. The number of aromatic nitrogens is 1. The van der Waals surface area contributed by atoms with Gasteiger partial charge in [-0.2, -0.15) is 0 Å². The van der Waals surface area contributed by atoms with Crippen molar-refractivity contribution in [3.05, 3.63) is 12.2 Å². The van der Waals surface area contributed by atoms with Crippen LogP contribution in [0.3, 0.4) is 0 Å². The molecule has 0 radical (unpaired) electrons. The van der Waals surface area contributed by atoms with Gasteiger partial charge in [0, 0.05) is 0 Å². The van der Waals surface area contributed by atoms with Crippen molar-refractivity contribution >= 4 is 7.13 Å². The van der Waals surface area contributed by atoms with E-state index in [0.29, 0.717) is 0 Å². The molecular weight excluding hydrogens is 64.8 g/mol. The Morgan fingerprint density at radius 2 is 2.80 bits per heavy atom. The van der Waals surface area contributed by atoms with E-state index < -0.39 is 0 Å². The molecule has 0 bridgehead atoms. The van der Waals surface area contributed by atoms with Crippen LogP contribution in [-0.4, -0.2) is 12.3 Å². The molecule has 1 heterocycles. The third-order valence-corrected chi connectivity index (χ3v) is 0.347. The van der Waals surface area contributed by atoms with Crippen molar-refractivity contribution in [1.82, 2.24) is 5.16 Å². The summed E-state index contributed by atoms with van der Waals surface area (Å²) >= 11 is 0. The average molecular weight is 66.9 g/mol. The van der Waals surface area contributed by atoms with Crippen LogP contribution in [0.25, 0.3) is 0 Å². The molecule has 5 heavy (non-hydrogen) atoms. The normalized spacial score (nSPS) is 7.20. The van der Waals surface area contributed by atoms with Crippen LogP contribution >= 0.6 is 0 Å². The first-order chi connectivity index (χ1) is 2.50. The first kappa shape index (κ1) is 2.63. The Kier molecular flexibility index (Phi) is 0.534. The predicted octanol–water partition coefficient (Wildman–Crippen LogP) is 0.0127. The van der Waals surface area contributed by atoms with Gasteiger partial charge in [0.2, 0.25) is 0 Å². The second-order valence-corrected chi connectivity index (χ2v) is 0.688. The Labute approximate surface area is 30.0 Å². The molecule has 3 heteroatoms. The van der Waals surface area contributed by atoms with Gasteiger partial charge in [-0.1, -0.05) is 0 Å². The zero-order valence-corrected chi connectivity index (χ0v) is 2.59. The Morgan fingerprint density at radius 3 is 3.00 bits per heavy atom. The number of hydrogen-bond acceptors (Lipinski definition) is 2. The van der Waals surface area contributed by atoms with Gasteiger partial charge in [0.25, 0.3) is 0 Å². The van der Waals surface area contributed by atoms with Crippen LogP contribution in [0, 0.1) is 0 Å². The van der Waals surface area contributed by atoms with Gasteiger partial charge in [-0.25, -0.2) is 0 Å². The predicted molar refractivity (Wildman–Crippen MR) is 17.8 cm³/mol. The molecule has 0 amide bonds. The van der Waals surface area contributed by atoms with E-state index in [1.165, 1.54) is 7.13 Å².